The summed E-state index contributed by atoms with van der Waals surface area (Å²) < 4.78 is 51.2. The van der Waals surface area contributed by atoms with Crippen LogP contribution in [0, 0.1) is 11.8 Å². The predicted octanol–water partition coefficient (Wildman–Crippen LogP) is 2.76. The molecule has 0 bridgehead atoms. The van der Waals surface area contributed by atoms with Gasteiger partial charge in [0.2, 0.25) is 10.0 Å². The molecule has 0 spiro atoms. The van der Waals surface area contributed by atoms with E-state index in [4.69, 9.17) is 18.9 Å². The Labute approximate surface area is 246 Å². The van der Waals surface area contributed by atoms with Crippen LogP contribution in [0.25, 0.3) is 0 Å². The van der Waals surface area contributed by atoms with Crippen LogP contribution in [0.4, 0.5) is 4.79 Å². The van der Waals surface area contributed by atoms with Gasteiger partial charge in [0.25, 0.3) is 0 Å². The lowest BCUT2D eigenvalue weighted by molar-refractivity contribution is -0.0907. The van der Waals surface area contributed by atoms with E-state index in [2.05, 4.69) is 5.32 Å². The number of carbonyl (C=O) groups excluding carboxylic acids is 2. The summed E-state index contributed by atoms with van der Waals surface area (Å²) in [6.45, 7) is 4.60. The minimum atomic E-state index is -4.12. The van der Waals surface area contributed by atoms with Crippen LogP contribution in [0.1, 0.15) is 42.6 Å². The number of aliphatic hydroxyl groups is 1. The maximum Gasteiger partial charge on any atom is 0.407 e. The largest absolute Gasteiger partial charge is 0.492 e. The van der Waals surface area contributed by atoms with Crippen LogP contribution in [-0.4, -0.2) is 87.2 Å². The number of rotatable bonds is 11. The van der Waals surface area contributed by atoms with E-state index in [0.29, 0.717) is 12.4 Å². The van der Waals surface area contributed by atoms with Gasteiger partial charge in [-0.1, -0.05) is 44.2 Å². The normalized spacial score (nSPS) is 23.3. The van der Waals surface area contributed by atoms with E-state index in [1.165, 1.54) is 22.5 Å². The SMILES string of the molecule is CC(C)CN(C[C@@H](O)[C@H](Cc1ccccc1)NC(=O)O[C@@H]1CO[C@H]2OCCC21)S(=O)(=O)c1ccc2c(c1)C(=O)CCO2. The molecule has 5 rings (SSSR count). The first-order chi connectivity index (χ1) is 20.1. The van der Waals surface area contributed by atoms with E-state index in [1.807, 2.05) is 44.2 Å². The molecule has 228 valence electrons. The third-order valence-electron chi connectivity index (χ3n) is 7.75. The number of hydrogen-bond donors (Lipinski definition) is 2. The quantitative estimate of drug-likeness (QED) is 0.397. The molecular weight excluding hydrogens is 564 g/mol. The van der Waals surface area contributed by atoms with Crippen LogP contribution in [0.3, 0.4) is 0 Å². The van der Waals surface area contributed by atoms with Gasteiger partial charge in [0.05, 0.1) is 48.3 Å². The lowest BCUT2D eigenvalue weighted by atomic mass is 10.0. The summed E-state index contributed by atoms with van der Waals surface area (Å²) in [5, 5.41) is 14.2. The minimum absolute atomic E-state index is 0.0474. The summed E-state index contributed by atoms with van der Waals surface area (Å²) in [4.78, 5) is 25.4. The number of nitrogens with zero attached hydrogens (tertiary/aromatic N) is 1. The molecule has 2 aromatic carbocycles. The summed E-state index contributed by atoms with van der Waals surface area (Å²) in [5.74, 6) is 0.0600. The summed E-state index contributed by atoms with van der Waals surface area (Å²) >= 11 is 0. The highest BCUT2D eigenvalue weighted by molar-refractivity contribution is 7.89. The topological polar surface area (TPSA) is 141 Å². The van der Waals surface area contributed by atoms with Crippen molar-refractivity contribution in [1.29, 1.82) is 0 Å². The van der Waals surface area contributed by atoms with Gasteiger partial charge in [0.15, 0.2) is 12.1 Å². The van der Waals surface area contributed by atoms with Gasteiger partial charge in [0.1, 0.15) is 11.9 Å². The third-order valence-corrected chi connectivity index (χ3v) is 9.57. The van der Waals surface area contributed by atoms with Gasteiger partial charge in [-0.25, -0.2) is 13.2 Å². The van der Waals surface area contributed by atoms with E-state index in [9.17, 15) is 23.1 Å². The van der Waals surface area contributed by atoms with Crippen molar-refractivity contribution in [3.63, 3.8) is 0 Å². The van der Waals surface area contributed by atoms with Crippen molar-refractivity contribution >= 4 is 21.9 Å². The minimum Gasteiger partial charge on any atom is -0.492 e. The van der Waals surface area contributed by atoms with Crippen LogP contribution in [-0.2, 0) is 30.7 Å². The van der Waals surface area contributed by atoms with Gasteiger partial charge in [-0.15, -0.1) is 0 Å². The molecule has 2 saturated heterocycles. The number of aliphatic hydroxyl groups excluding tert-OH is 1. The molecular formula is C30H38N2O9S. The van der Waals surface area contributed by atoms with Crippen molar-refractivity contribution in [2.24, 2.45) is 11.8 Å². The second kappa shape index (κ2) is 13.1. The first-order valence-electron chi connectivity index (χ1n) is 14.3. The van der Waals surface area contributed by atoms with Gasteiger partial charge in [-0.05, 0) is 42.5 Å². The van der Waals surface area contributed by atoms with Gasteiger partial charge in [0, 0.05) is 19.5 Å². The number of fused-ring (bicyclic) bond motifs is 2. The number of amides is 1. The number of ether oxygens (including phenoxy) is 4. The molecule has 12 heteroatoms. The highest BCUT2D eigenvalue weighted by Gasteiger charge is 2.44. The van der Waals surface area contributed by atoms with E-state index >= 15 is 0 Å². The maximum atomic E-state index is 13.9. The van der Waals surface area contributed by atoms with Crippen molar-refractivity contribution < 1.29 is 42.1 Å². The molecule has 42 heavy (non-hydrogen) atoms. The molecule has 2 aromatic rings. The van der Waals surface area contributed by atoms with Gasteiger partial charge < -0.3 is 29.4 Å². The molecule has 1 amide bonds. The zero-order valence-electron chi connectivity index (χ0n) is 23.8. The van der Waals surface area contributed by atoms with Crippen molar-refractivity contribution in [3.05, 3.63) is 59.7 Å². The molecule has 0 aliphatic carbocycles. The van der Waals surface area contributed by atoms with Crippen LogP contribution in [0.5, 0.6) is 5.75 Å². The molecule has 2 fully saturated rings. The molecule has 3 heterocycles. The number of sulfonamides is 1. The van der Waals surface area contributed by atoms with Crippen LogP contribution >= 0.6 is 0 Å². The number of alkyl carbamates (subject to hydrolysis) is 1. The fraction of sp³-hybridized carbons (Fsp3) is 0.533. The van der Waals surface area contributed by atoms with Crippen molar-refractivity contribution in [2.45, 2.75) is 62.5 Å². The Morgan fingerprint density at radius 2 is 1.90 bits per heavy atom. The smallest absolute Gasteiger partial charge is 0.407 e. The van der Waals surface area contributed by atoms with Crippen molar-refractivity contribution in [2.75, 3.05) is 32.9 Å². The Morgan fingerprint density at radius 1 is 1.12 bits per heavy atom. The fourth-order valence-electron chi connectivity index (χ4n) is 5.59. The van der Waals surface area contributed by atoms with Gasteiger partial charge >= 0.3 is 6.09 Å². The molecule has 11 nitrogen and oxygen atoms in total. The summed E-state index contributed by atoms with van der Waals surface area (Å²) in [6.07, 6.45) is -1.71. The molecule has 3 aliphatic rings. The predicted molar refractivity (Wildman–Crippen MR) is 152 cm³/mol. The number of benzene rings is 2. The summed E-state index contributed by atoms with van der Waals surface area (Å²) in [6, 6.07) is 12.7. The number of carbonyl (C=O) groups is 2. The number of hydrogen-bond acceptors (Lipinski definition) is 9. The maximum absolute atomic E-state index is 13.9. The van der Waals surface area contributed by atoms with Crippen LogP contribution in [0.15, 0.2) is 53.4 Å². The van der Waals surface area contributed by atoms with E-state index < -0.39 is 34.4 Å². The highest BCUT2D eigenvalue weighted by Crippen LogP contribution is 2.33. The average molecular weight is 603 g/mol. The molecule has 1 unspecified atom stereocenters. The Bertz CT molecular complexity index is 1370. The van der Waals surface area contributed by atoms with Crippen LogP contribution in [0.2, 0.25) is 0 Å². The average Bonchev–Trinajstić information content (AvgIpc) is 3.58. The number of ketones is 1. The summed E-state index contributed by atoms with van der Waals surface area (Å²) in [7, 11) is -4.12. The van der Waals surface area contributed by atoms with Crippen molar-refractivity contribution in [3.8, 4) is 5.75 Å². The third kappa shape index (κ3) is 6.95. The Balaban J connectivity index is 1.35. The van der Waals surface area contributed by atoms with Crippen molar-refractivity contribution in [1.82, 2.24) is 9.62 Å². The van der Waals surface area contributed by atoms with Gasteiger partial charge in [-0.2, -0.15) is 4.31 Å². The molecule has 0 radical (unpaired) electrons. The molecule has 0 aromatic heterocycles. The van der Waals surface area contributed by atoms with E-state index in [0.717, 1.165) is 12.0 Å². The van der Waals surface area contributed by atoms with E-state index in [1.54, 1.807) is 0 Å². The molecule has 0 saturated carbocycles. The van der Waals surface area contributed by atoms with E-state index in [-0.39, 0.29) is 73.5 Å². The first kappa shape index (κ1) is 30.4. The standard InChI is InChI=1S/C30H38N2O9S/c1-19(2)16-32(42(36,37)21-8-9-27-23(15-21)25(33)11-13-38-27)17-26(34)24(14-20-6-4-3-5-7-20)31-30(35)41-28-18-40-29-22(28)10-12-39-29/h3-9,15,19,22,24,26,28-29,34H,10-14,16-18H2,1-2H3,(H,31,35)/t22?,24-,26+,28+,29+/m0/s1. The zero-order chi connectivity index (χ0) is 29.9. The monoisotopic (exact) mass is 602 g/mol. The second-order valence-electron chi connectivity index (χ2n) is 11.4. The Morgan fingerprint density at radius 3 is 2.67 bits per heavy atom. The zero-order valence-corrected chi connectivity index (χ0v) is 24.6. The Kier molecular flexibility index (Phi) is 9.48. The molecule has 5 atom stereocenters. The number of Topliss-reactive ketones (excluding diaryl/α,β-unsaturated/α-hetero) is 1. The first-order valence-corrected chi connectivity index (χ1v) is 15.8. The fourth-order valence-corrected chi connectivity index (χ4v) is 7.23. The summed E-state index contributed by atoms with van der Waals surface area (Å²) in [5.41, 5.74) is 1.08. The Hall–Kier alpha value is -3.03. The number of nitrogens with one attached hydrogen (secondary N) is 1. The lowest BCUT2D eigenvalue weighted by Crippen LogP contribution is -2.51. The highest BCUT2D eigenvalue weighted by atomic mass is 32.2. The second-order valence-corrected chi connectivity index (χ2v) is 13.3. The molecule has 2 N–H and O–H groups in total. The van der Waals surface area contributed by atoms with Gasteiger partial charge in [-0.3, -0.25) is 4.79 Å². The lowest BCUT2D eigenvalue weighted by Gasteiger charge is -2.31. The van der Waals surface area contributed by atoms with Crippen LogP contribution < -0.4 is 10.1 Å². The molecule has 3 aliphatic heterocycles.